The second-order valence-corrected chi connectivity index (χ2v) is 8.16. The van der Waals surface area contributed by atoms with E-state index in [1.165, 1.54) is 0 Å². The Bertz CT molecular complexity index is 331. The summed E-state index contributed by atoms with van der Waals surface area (Å²) in [5.41, 5.74) is 0. The fourth-order valence-electron chi connectivity index (χ4n) is 2.29. The van der Waals surface area contributed by atoms with Gasteiger partial charge in [0.1, 0.15) is 0 Å². The molecule has 0 saturated heterocycles. The van der Waals surface area contributed by atoms with Gasteiger partial charge in [-0.3, -0.25) is 0 Å². The van der Waals surface area contributed by atoms with Gasteiger partial charge in [0.25, 0.3) is 0 Å². The minimum atomic E-state index is -3.11. The van der Waals surface area contributed by atoms with Crippen LogP contribution in [-0.4, -0.2) is 44.3 Å². The molecule has 0 bridgehead atoms. The summed E-state index contributed by atoms with van der Waals surface area (Å²) in [6, 6.07) is 0.555. The molecule has 2 atom stereocenters. The molecule has 6 heteroatoms. The molecule has 2 N–H and O–H groups in total. The van der Waals surface area contributed by atoms with Gasteiger partial charge in [-0.05, 0) is 32.1 Å². The van der Waals surface area contributed by atoms with E-state index in [0.717, 1.165) is 25.8 Å². The lowest BCUT2D eigenvalue weighted by molar-refractivity contribution is 0.544. The average Bonchev–Trinajstić information content (AvgIpc) is 2.70. The van der Waals surface area contributed by atoms with Gasteiger partial charge in [0.2, 0.25) is 10.0 Å². The standard InChI is InChI=1S/C12H26N2O2S2/c1-10(2)13-8-5-9-18(15,16)14-11-6-4-7-12(11)17-3/h10-14H,4-9H2,1-3H3. The van der Waals surface area contributed by atoms with Crippen molar-refractivity contribution in [3.63, 3.8) is 0 Å². The molecule has 1 aliphatic rings. The number of rotatable bonds is 8. The zero-order valence-corrected chi connectivity index (χ0v) is 13.2. The summed E-state index contributed by atoms with van der Waals surface area (Å²) in [5.74, 6) is 0.227. The fraction of sp³-hybridized carbons (Fsp3) is 1.00. The Morgan fingerprint density at radius 1 is 1.33 bits per heavy atom. The Morgan fingerprint density at radius 3 is 2.67 bits per heavy atom. The average molecular weight is 294 g/mol. The number of thioether (sulfide) groups is 1. The Kier molecular flexibility index (Phi) is 6.98. The molecule has 1 saturated carbocycles. The highest BCUT2D eigenvalue weighted by molar-refractivity contribution is 7.99. The molecule has 1 fully saturated rings. The van der Waals surface area contributed by atoms with Gasteiger partial charge in [0.15, 0.2) is 0 Å². The zero-order valence-electron chi connectivity index (χ0n) is 11.6. The third-order valence-electron chi connectivity index (χ3n) is 3.23. The van der Waals surface area contributed by atoms with E-state index in [0.29, 0.717) is 17.7 Å². The van der Waals surface area contributed by atoms with Crippen LogP contribution in [0, 0.1) is 0 Å². The lowest BCUT2D eigenvalue weighted by atomic mass is 10.3. The fourth-order valence-corrected chi connectivity index (χ4v) is 4.69. The highest BCUT2D eigenvalue weighted by Gasteiger charge is 2.29. The van der Waals surface area contributed by atoms with Crippen molar-refractivity contribution in [2.24, 2.45) is 0 Å². The number of nitrogens with one attached hydrogen (secondary N) is 2. The van der Waals surface area contributed by atoms with E-state index in [2.05, 4.69) is 30.1 Å². The van der Waals surface area contributed by atoms with Crippen LogP contribution in [0.4, 0.5) is 0 Å². The Morgan fingerprint density at radius 2 is 2.06 bits per heavy atom. The van der Waals surface area contributed by atoms with Crippen molar-refractivity contribution >= 4 is 21.8 Å². The SMILES string of the molecule is CSC1CCCC1NS(=O)(=O)CCCNC(C)C. The van der Waals surface area contributed by atoms with Gasteiger partial charge in [-0.15, -0.1) is 0 Å². The summed E-state index contributed by atoms with van der Waals surface area (Å²) in [6.07, 6.45) is 5.97. The van der Waals surface area contributed by atoms with Crippen molar-refractivity contribution in [3.05, 3.63) is 0 Å². The summed E-state index contributed by atoms with van der Waals surface area (Å²) >= 11 is 1.77. The van der Waals surface area contributed by atoms with Crippen molar-refractivity contribution in [1.29, 1.82) is 0 Å². The molecule has 1 aliphatic carbocycles. The second-order valence-electron chi connectivity index (χ2n) is 5.21. The normalized spacial score (nSPS) is 24.9. The minimum Gasteiger partial charge on any atom is -0.314 e. The lowest BCUT2D eigenvalue weighted by Gasteiger charge is -2.19. The monoisotopic (exact) mass is 294 g/mol. The highest BCUT2D eigenvalue weighted by Crippen LogP contribution is 2.28. The lowest BCUT2D eigenvalue weighted by Crippen LogP contribution is -2.40. The molecular weight excluding hydrogens is 268 g/mol. The number of hydrogen-bond acceptors (Lipinski definition) is 4. The van der Waals surface area contributed by atoms with E-state index < -0.39 is 10.0 Å². The van der Waals surface area contributed by atoms with Crippen molar-refractivity contribution in [2.75, 3.05) is 18.6 Å². The molecule has 1 rings (SSSR count). The largest absolute Gasteiger partial charge is 0.314 e. The number of hydrogen-bond donors (Lipinski definition) is 2. The minimum absolute atomic E-state index is 0.142. The van der Waals surface area contributed by atoms with Gasteiger partial charge in [-0.2, -0.15) is 11.8 Å². The first kappa shape index (κ1) is 16.3. The molecule has 108 valence electrons. The summed E-state index contributed by atoms with van der Waals surface area (Å²) in [7, 11) is -3.11. The first-order chi connectivity index (χ1) is 8.44. The molecule has 0 radical (unpaired) electrons. The maximum atomic E-state index is 11.9. The van der Waals surface area contributed by atoms with Crippen LogP contribution in [0.1, 0.15) is 39.5 Å². The summed E-state index contributed by atoms with van der Waals surface area (Å²) in [4.78, 5) is 0. The Hall–Kier alpha value is 0.220. The van der Waals surface area contributed by atoms with Gasteiger partial charge in [-0.1, -0.05) is 20.3 Å². The highest BCUT2D eigenvalue weighted by atomic mass is 32.2. The van der Waals surface area contributed by atoms with Crippen LogP contribution < -0.4 is 10.0 Å². The molecule has 0 aliphatic heterocycles. The summed E-state index contributed by atoms with van der Waals surface area (Å²) in [6.45, 7) is 4.89. The van der Waals surface area contributed by atoms with Crippen LogP contribution in [0.2, 0.25) is 0 Å². The van der Waals surface area contributed by atoms with E-state index in [1.807, 2.05) is 0 Å². The molecule has 0 amide bonds. The molecule has 0 spiro atoms. The van der Waals surface area contributed by atoms with Gasteiger partial charge in [0.05, 0.1) is 5.75 Å². The van der Waals surface area contributed by atoms with E-state index in [-0.39, 0.29) is 11.8 Å². The van der Waals surface area contributed by atoms with Crippen LogP contribution in [0.25, 0.3) is 0 Å². The van der Waals surface area contributed by atoms with Gasteiger partial charge in [-0.25, -0.2) is 13.1 Å². The van der Waals surface area contributed by atoms with Crippen molar-refractivity contribution in [1.82, 2.24) is 10.0 Å². The van der Waals surface area contributed by atoms with Gasteiger partial charge >= 0.3 is 0 Å². The first-order valence-corrected chi connectivity index (χ1v) is 9.65. The molecular formula is C12H26N2O2S2. The molecule has 0 heterocycles. The van der Waals surface area contributed by atoms with E-state index >= 15 is 0 Å². The molecule has 18 heavy (non-hydrogen) atoms. The second kappa shape index (κ2) is 7.72. The third kappa shape index (κ3) is 5.91. The van der Waals surface area contributed by atoms with Gasteiger partial charge in [0, 0.05) is 17.3 Å². The Labute approximate surface area is 116 Å². The third-order valence-corrected chi connectivity index (χ3v) is 5.89. The van der Waals surface area contributed by atoms with Gasteiger partial charge < -0.3 is 5.32 Å². The molecule has 0 aromatic heterocycles. The predicted molar refractivity (Wildman–Crippen MR) is 79.6 cm³/mol. The van der Waals surface area contributed by atoms with Crippen molar-refractivity contribution in [2.45, 2.75) is 56.9 Å². The quantitative estimate of drug-likeness (QED) is 0.667. The van der Waals surface area contributed by atoms with E-state index in [1.54, 1.807) is 11.8 Å². The maximum Gasteiger partial charge on any atom is 0.211 e. The van der Waals surface area contributed by atoms with Crippen LogP contribution in [-0.2, 0) is 10.0 Å². The van der Waals surface area contributed by atoms with Crippen molar-refractivity contribution in [3.8, 4) is 0 Å². The molecule has 4 nitrogen and oxygen atoms in total. The molecule has 2 unspecified atom stereocenters. The van der Waals surface area contributed by atoms with Crippen LogP contribution in [0.15, 0.2) is 0 Å². The summed E-state index contributed by atoms with van der Waals surface area (Å²) in [5, 5.41) is 3.69. The first-order valence-electron chi connectivity index (χ1n) is 6.71. The van der Waals surface area contributed by atoms with Crippen LogP contribution in [0.5, 0.6) is 0 Å². The van der Waals surface area contributed by atoms with Crippen LogP contribution in [0.3, 0.4) is 0 Å². The van der Waals surface area contributed by atoms with Crippen LogP contribution >= 0.6 is 11.8 Å². The molecule has 0 aromatic rings. The molecule has 0 aromatic carbocycles. The van der Waals surface area contributed by atoms with Crippen molar-refractivity contribution < 1.29 is 8.42 Å². The predicted octanol–water partition coefficient (Wildman–Crippen LogP) is 1.58. The van der Waals surface area contributed by atoms with E-state index in [9.17, 15) is 8.42 Å². The Balaban J connectivity index is 2.30. The summed E-state index contributed by atoms with van der Waals surface area (Å²) < 4.78 is 26.8. The topological polar surface area (TPSA) is 58.2 Å². The zero-order chi connectivity index (χ0) is 13.6. The smallest absolute Gasteiger partial charge is 0.211 e. The maximum absolute atomic E-state index is 11.9. The van der Waals surface area contributed by atoms with E-state index in [4.69, 9.17) is 0 Å². The number of sulfonamides is 1.